The summed E-state index contributed by atoms with van der Waals surface area (Å²) in [6.45, 7) is 0. The fourth-order valence-electron chi connectivity index (χ4n) is 6.32. The maximum atomic E-state index is 12.8. The van der Waals surface area contributed by atoms with E-state index in [-0.39, 0.29) is 93.5 Å². The molecule has 0 bridgehead atoms. The van der Waals surface area contributed by atoms with Gasteiger partial charge < -0.3 is 31.9 Å². The minimum atomic E-state index is -4.84. The van der Waals surface area contributed by atoms with Crippen LogP contribution in [-0.2, 0) is 20.2 Å². The molecule has 0 aliphatic rings. The third-order valence-corrected chi connectivity index (χ3v) is 11.0. The summed E-state index contributed by atoms with van der Waals surface area (Å²) in [7, 11) is -9.67. The molecule has 0 radical (unpaired) electrons. The number of nitrogens with zero attached hydrogens (tertiary/aromatic N) is 4. The molecule has 6 aromatic carbocycles. The molecule has 0 aliphatic heterocycles. The van der Waals surface area contributed by atoms with E-state index in [0.717, 1.165) is 22.7 Å². The predicted molar refractivity (Wildman–Crippen MR) is 265 cm³/mol. The molecular weight excluding hydrogens is 899 g/mol. The number of benzene rings is 6. The van der Waals surface area contributed by atoms with Gasteiger partial charge in [0.1, 0.15) is 33.1 Å². The van der Waals surface area contributed by atoms with Gasteiger partial charge in [-0.05, 0) is 83.9 Å². The van der Waals surface area contributed by atoms with E-state index in [1.807, 2.05) is 121 Å². The second-order valence-electron chi connectivity index (χ2n) is 13.9. The van der Waals surface area contributed by atoms with Gasteiger partial charge in [-0.1, -0.05) is 97.1 Å². The van der Waals surface area contributed by atoms with E-state index in [0.29, 0.717) is 23.3 Å². The standard InChI is InChI=1S/C46H38N10O6S2.2Na.2H/c57-63(58,59)39-27-37(51-45-53-41(47-33-13-5-1-6-14-33)29-42(54-45)48-34-15-7-2-8-16-34)25-23-31(39)21-22-32-24-26-38(28-40(32)64(60,61)62)52-46-55-43(49-35-17-9-3-10-18-35)30-44(56-46)50-36-19-11-4-12-20-36;;;;/h1-30H,(H,57,58,59)(H,60,61,62)(H3,47,48,51,53,54)(H3,49,50,52,55,56);;;;. The van der Waals surface area contributed by atoms with Gasteiger partial charge in [-0.25, -0.2) is 0 Å². The van der Waals surface area contributed by atoms with Crippen molar-refractivity contribution in [1.82, 2.24) is 19.9 Å². The van der Waals surface area contributed by atoms with Crippen LogP contribution in [-0.4, -0.2) is 105 Å². The first-order valence-corrected chi connectivity index (χ1v) is 22.3. The Bertz CT molecular complexity index is 2850. The average Bonchev–Trinajstić information content (AvgIpc) is 3.27. The second-order valence-corrected chi connectivity index (χ2v) is 16.7. The zero-order valence-corrected chi connectivity index (χ0v) is 35.1. The summed E-state index contributed by atoms with van der Waals surface area (Å²) in [5.74, 6) is 1.92. The number of aromatic nitrogens is 4. The van der Waals surface area contributed by atoms with Gasteiger partial charge in [0.2, 0.25) is 11.9 Å². The average molecular weight is 939 g/mol. The Morgan fingerprint density at radius 3 is 0.879 bits per heavy atom. The molecule has 0 aliphatic carbocycles. The molecule has 8 aromatic rings. The van der Waals surface area contributed by atoms with Gasteiger partial charge in [-0.3, -0.25) is 9.11 Å². The third-order valence-electron chi connectivity index (χ3n) is 9.17. The first kappa shape index (κ1) is 49.3. The Morgan fingerprint density at radius 1 is 0.348 bits per heavy atom. The van der Waals surface area contributed by atoms with Crippen LogP contribution in [0.5, 0.6) is 0 Å². The van der Waals surface area contributed by atoms with Crippen LogP contribution in [0.1, 0.15) is 11.1 Å². The van der Waals surface area contributed by atoms with Gasteiger partial charge >= 0.3 is 59.1 Å². The molecule has 0 fully saturated rings. The fraction of sp³-hybridized carbons (Fsp3) is 0. The minimum absolute atomic E-state index is 0. The summed E-state index contributed by atoms with van der Waals surface area (Å²) < 4.78 is 71.7. The normalized spacial score (nSPS) is 11.1. The summed E-state index contributed by atoms with van der Waals surface area (Å²) in [6, 6.07) is 49.2. The molecule has 0 amide bonds. The zero-order valence-electron chi connectivity index (χ0n) is 33.5. The van der Waals surface area contributed by atoms with Gasteiger partial charge in [-0.15, -0.1) is 0 Å². The Balaban J connectivity index is 0.00000360. The van der Waals surface area contributed by atoms with Crippen LogP contribution in [0.2, 0.25) is 0 Å². The van der Waals surface area contributed by atoms with Gasteiger partial charge in [0.05, 0.1) is 0 Å². The van der Waals surface area contributed by atoms with Gasteiger partial charge in [0.25, 0.3) is 20.2 Å². The van der Waals surface area contributed by atoms with E-state index >= 15 is 0 Å². The zero-order chi connectivity index (χ0) is 44.5. The predicted octanol–water partition coefficient (Wildman–Crippen LogP) is 9.10. The molecule has 0 saturated heterocycles. The molecule has 2 heterocycles. The van der Waals surface area contributed by atoms with Crippen molar-refractivity contribution in [3.63, 3.8) is 0 Å². The molecule has 66 heavy (non-hydrogen) atoms. The number of para-hydroxylation sites is 4. The van der Waals surface area contributed by atoms with Crippen LogP contribution in [0.4, 0.5) is 69.3 Å². The second kappa shape index (κ2) is 22.4. The summed E-state index contributed by atoms with van der Waals surface area (Å²) in [5, 5.41) is 19.0. The van der Waals surface area contributed by atoms with Crippen molar-refractivity contribution in [2.24, 2.45) is 0 Å². The Labute approximate surface area is 425 Å². The van der Waals surface area contributed by atoms with Gasteiger partial charge in [0, 0.05) is 46.3 Å². The van der Waals surface area contributed by atoms with E-state index in [9.17, 15) is 25.9 Å². The molecule has 2 aromatic heterocycles. The topological polar surface area (TPSA) is 232 Å². The van der Waals surface area contributed by atoms with Crippen LogP contribution in [0.15, 0.2) is 180 Å². The monoisotopic (exact) mass is 938 g/mol. The molecular formula is C46H40N10Na2O6S2. The number of hydrogen-bond donors (Lipinski definition) is 8. The van der Waals surface area contributed by atoms with Crippen LogP contribution >= 0.6 is 0 Å². The number of nitrogens with one attached hydrogen (secondary N) is 6. The first-order chi connectivity index (χ1) is 30.9. The van der Waals surface area contributed by atoms with Crippen molar-refractivity contribution in [2.75, 3.05) is 31.9 Å². The number of anilines is 12. The van der Waals surface area contributed by atoms with Crippen LogP contribution < -0.4 is 31.9 Å². The fourth-order valence-corrected chi connectivity index (χ4v) is 7.74. The van der Waals surface area contributed by atoms with E-state index in [1.165, 1.54) is 48.6 Å². The molecule has 0 saturated carbocycles. The SMILES string of the molecule is O=S(=O)(O)c1cc(Nc2nc(Nc3ccccc3)cc(Nc3ccccc3)n2)ccc1C=Cc1ccc(Nc2nc(Nc3ccccc3)cc(Nc3ccccc3)n2)cc1S(=O)(=O)O.[NaH].[NaH]. The van der Waals surface area contributed by atoms with Crippen molar-refractivity contribution >= 4 is 161 Å². The van der Waals surface area contributed by atoms with Crippen LogP contribution in [0.3, 0.4) is 0 Å². The van der Waals surface area contributed by atoms with Crippen molar-refractivity contribution in [3.8, 4) is 0 Å². The van der Waals surface area contributed by atoms with Crippen molar-refractivity contribution in [3.05, 3.63) is 181 Å². The summed E-state index contributed by atoms with van der Waals surface area (Å²) in [4.78, 5) is 17.3. The summed E-state index contributed by atoms with van der Waals surface area (Å²) in [6.07, 6.45) is 2.60. The molecule has 8 rings (SSSR count). The molecule has 324 valence electrons. The Hall–Kier alpha value is -6.16. The van der Waals surface area contributed by atoms with E-state index in [1.54, 1.807) is 12.1 Å². The maximum absolute atomic E-state index is 12.8. The molecule has 16 nitrogen and oxygen atoms in total. The Kier molecular flexibility index (Phi) is 16.7. The van der Waals surface area contributed by atoms with Crippen molar-refractivity contribution < 1.29 is 25.9 Å². The molecule has 8 N–H and O–H groups in total. The first-order valence-electron chi connectivity index (χ1n) is 19.4. The summed E-state index contributed by atoms with van der Waals surface area (Å²) >= 11 is 0. The molecule has 20 heteroatoms. The van der Waals surface area contributed by atoms with E-state index in [4.69, 9.17) is 0 Å². The molecule has 0 atom stereocenters. The van der Waals surface area contributed by atoms with Gasteiger partial charge in [-0.2, -0.15) is 36.8 Å². The van der Waals surface area contributed by atoms with E-state index < -0.39 is 30.0 Å². The van der Waals surface area contributed by atoms with Crippen molar-refractivity contribution in [1.29, 1.82) is 0 Å². The van der Waals surface area contributed by atoms with E-state index in [2.05, 4.69) is 51.8 Å². The number of hydrogen-bond acceptors (Lipinski definition) is 14. The Morgan fingerprint density at radius 2 is 0.621 bits per heavy atom. The third kappa shape index (κ3) is 13.7. The van der Waals surface area contributed by atoms with Crippen molar-refractivity contribution in [2.45, 2.75) is 9.79 Å². The molecule has 0 spiro atoms. The quantitative estimate of drug-likeness (QED) is 0.0256. The molecule has 0 unspecified atom stereocenters. The van der Waals surface area contributed by atoms with Gasteiger partial charge in [0.15, 0.2) is 0 Å². The number of rotatable bonds is 16. The summed E-state index contributed by atoms with van der Waals surface area (Å²) in [5.41, 5.74) is 3.54. The van der Waals surface area contributed by atoms with Crippen LogP contribution in [0, 0.1) is 0 Å². The van der Waals surface area contributed by atoms with Crippen LogP contribution in [0.25, 0.3) is 12.2 Å².